The van der Waals surface area contributed by atoms with E-state index in [1.165, 1.54) is 4.31 Å². The maximum Gasteiger partial charge on any atom is 0.264 e. The second-order valence-corrected chi connectivity index (χ2v) is 9.66. The molecule has 31 heavy (non-hydrogen) atoms. The van der Waals surface area contributed by atoms with E-state index in [4.69, 9.17) is 0 Å². The van der Waals surface area contributed by atoms with Crippen LogP contribution in [0.2, 0.25) is 0 Å². The number of sulfonamides is 1. The summed E-state index contributed by atoms with van der Waals surface area (Å²) in [5.41, 5.74) is 5.45. The number of carbonyl (C=O) groups excluding carboxylic acids is 1. The molecule has 0 fully saturated rings. The van der Waals surface area contributed by atoms with Gasteiger partial charge in [0.15, 0.2) is 0 Å². The van der Waals surface area contributed by atoms with Crippen molar-refractivity contribution < 1.29 is 13.2 Å². The SMILES string of the molecule is Cc1ccc(N(CCC(=O)Nc2c(C)cc(C)cc2C)S(=O)(=O)c2ccccc2)cc1. The summed E-state index contributed by atoms with van der Waals surface area (Å²) in [6.45, 7) is 7.90. The van der Waals surface area contributed by atoms with Crippen LogP contribution in [0, 0.1) is 27.7 Å². The van der Waals surface area contributed by atoms with Crippen molar-refractivity contribution in [3.05, 3.63) is 89.0 Å². The van der Waals surface area contributed by atoms with Crippen LogP contribution in [0.4, 0.5) is 11.4 Å². The van der Waals surface area contributed by atoms with Gasteiger partial charge in [0, 0.05) is 18.7 Å². The molecule has 0 saturated carbocycles. The van der Waals surface area contributed by atoms with Gasteiger partial charge >= 0.3 is 0 Å². The lowest BCUT2D eigenvalue weighted by Crippen LogP contribution is -2.34. The number of amides is 1. The summed E-state index contributed by atoms with van der Waals surface area (Å²) in [4.78, 5) is 12.9. The number of nitrogens with one attached hydrogen (secondary N) is 1. The average molecular weight is 437 g/mol. The molecule has 0 radical (unpaired) electrons. The first-order valence-corrected chi connectivity index (χ1v) is 11.6. The van der Waals surface area contributed by atoms with Crippen molar-refractivity contribution in [3.8, 4) is 0 Å². The Labute approximate surface area is 184 Å². The molecule has 0 atom stereocenters. The van der Waals surface area contributed by atoms with Crippen LogP contribution < -0.4 is 9.62 Å². The van der Waals surface area contributed by atoms with Crippen LogP contribution in [-0.4, -0.2) is 20.9 Å². The van der Waals surface area contributed by atoms with Crippen LogP contribution in [-0.2, 0) is 14.8 Å². The van der Waals surface area contributed by atoms with Gasteiger partial charge in [-0.2, -0.15) is 0 Å². The number of rotatable bonds is 7. The molecule has 0 aromatic heterocycles. The summed E-state index contributed by atoms with van der Waals surface area (Å²) in [5.74, 6) is -0.226. The van der Waals surface area contributed by atoms with Crippen molar-refractivity contribution in [1.29, 1.82) is 0 Å². The molecule has 0 aliphatic carbocycles. The zero-order valence-corrected chi connectivity index (χ0v) is 19.2. The van der Waals surface area contributed by atoms with Crippen molar-refractivity contribution in [2.45, 2.75) is 39.0 Å². The van der Waals surface area contributed by atoms with Gasteiger partial charge in [0.25, 0.3) is 10.0 Å². The van der Waals surface area contributed by atoms with Crippen molar-refractivity contribution in [3.63, 3.8) is 0 Å². The third-order valence-corrected chi connectivity index (χ3v) is 6.98. The average Bonchev–Trinajstić information content (AvgIpc) is 2.72. The number of aryl methyl sites for hydroxylation is 4. The Morgan fingerprint density at radius 3 is 2.00 bits per heavy atom. The first-order valence-electron chi connectivity index (χ1n) is 10.2. The van der Waals surface area contributed by atoms with Crippen LogP contribution >= 0.6 is 0 Å². The molecule has 0 bridgehead atoms. The predicted octanol–water partition coefficient (Wildman–Crippen LogP) is 5.14. The quantitative estimate of drug-likeness (QED) is 0.557. The van der Waals surface area contributed by atoms with Crippen molar-refractivity contribution in [1.82, 2.24) is 0 Å². The minimum absolute atomic E-state index is 0.0344. The molecule has 0 spiro atoms. The van der Waals surface area contributed by atoms with Crippen LogP contribution in [0.5, 0.6) is 0 Å². The Bertz CT molecular complexity index is 1150. The smallest absolute Gasteiger partial charge is 0.264 e. The molecule has 3 aromatic rings. The van der Waals surface area contributed by atoms with Crippen LogP contribution in [0.1, 0.15) is 28.7 Å². The fourth-order valence-electron chi connectivity index (χ4n) is 3.60. The molecule has 0 heterocycles. The summed E-state index contributed by atoms with van der Waals surface area (Å²) in [6.07, 6.45) is 0.0344. The standard InChI is InChI=1S/C25H28N2O3S/c1-18-10-12-22(13-11-18)27(31(29,30)23-8-6-5-7-9-23)15-14-24(28)26-25-20(3)16-19(2)17-21(25)4/h5-13,16-17H,14-15H2,1-4H3,(H,26,28). The van der Waals surface area contributed by atoms with Gasteiger partial charge in [-0.05, 0) is 63.1 Å². The molecular formula is C25H28N2O3S. The predicted molar refractivity (Wildman–Crippen MR) is 126 cm³/mol. The molecule has 3 aromatic carbocycles. The summed E-state index contributed by atoms with van der Waals surface area (Å²) in [5, 5.41) is 2.95. The molecule has 0 saturated heterocycles. The first-order chi connectivity index (χ1) is 14.7. The molecular weight excluding hydrogens is 408 g/mol. The number of hydrogen-bond acceptors (Lipinski definition) is 3. The Hall–Kier alpha value is -3.12. The van der Waals surface area contributed by atoms with Crippen molar-refractivity contribution in [2.75, 3.05) is 16.2 Å². The van der Waals surface area contributed by atoms with Gasteiger partial charge in [-0.3, -0.25) is 9.10 Å². The monoisotopic (exact) mass is 436 g/mol. The lowest BCUT2D eigenvalue weighted by atomic mass is 10.1. The molecule has 5 nitrogen and oxygen atoms in total. The highest BCUT2D eigenvalue weighted by atomic mass is 32.2. The zero-order valence-electron chi connectivity index (χ0n) is 18.3. The number of carbonyl (C=O) groups is 1. The van der Waals surface area contributed by atoms with Gasteiger partial charge < -0.3 is 5.32 Å². The van der Waals surface area contributed by atoms with E-state index in [2.05, 4.69) is 5.32 Å². The van der Waals surface area contributed by atoms with E-state index in [1.807, 2.05) is 52.0 Å². The lowest BCUT2D eigenvalue weighted by Gasteiger charge is -2.25. The van der Waals surface area contributed by atoms with Gasteiger partial charge in [-0.25, -0.2) is 8.42 Å². The summed E-state index contributed by atoms with van der Waals surface area (Å²) >= 11 is 0. The largest absolute Gasteiger partial charge is 0.326 e. The maximum absolute atomic E-state index is 13.3. The summed E-state index contributed by atoms with van der Waals surface area (Å²) in [6, 6.07) is 19.6. The molecule has 1 amide bonds. The third kappa shape index (κ3) is 5.33. The Kier molecular flexibility index (Phi) is 6.81. The minimum Gasteiger partial charge on any atom is -0.326 e. The topological polar surface area (TPSA) is 66.5 Å². The van der Waals surface area contributed by atoms with Crippen molar-refractivity contribution >= 4 is 27.3 Å². The van der Waals surface area contributed by atoms with E-state index >= 15 is 0 Å². The van der Waals surface area contributed by atoms with Gasteiger partial charge in [0.1, 0.15) is 0 Å². The third-order valence-electron chi connectivity index (χ3n) is 5.14. The van der Waals surface area contributed by atoms with E-state index < -0.39 is 10.0 Å². The number of anilines is 2. The molecule has 0 aliphatic rings. The van der Waals surface area contributed by atoms with E-state index in [9.17, 15) is 13.2 Å². The molecule has 3 rings (SSSR count). The highest BCUT2D eigenvalue weighted by molar-refractivity contribution is 7.92. The van der Waals surface area contributed by atoms with E-state index in [1.54, 1.807) is 42.5 Å². The van der Waals surface area contributed by atoms with E-state index in [0.717, 1.165) is 27.9 Å². The molecule has 6 heteroatoms. The van der Waals surface area contributed by atoms with Crippen LogP contribution in [0.15, 0.2) is 71.6 Å². The highest BCUT2D eigenvalue weighted by Crippen LogP contribution is 2.25. The summed E-state index contributed by atoms with van der Waals surface area (Å²) in [7, 11) is -3.80. The van der Waals surface area contributed by atoms with Gasteiger partial charge in [0.2, 0.25) is 5.91 Å². The molecule has 162 valence electrons. The number of nitrogens with zero attached hydrogens (tertiary/aromatic N) is 1. The number of hydrogen-bond donors (Lipinski definition) is 1. The fourth-order valence-corrected chi connectivity index (χ4v) is 5.09. The second-order valence-electron chi connectivity index (χ2n) is 7.80. The summed E-state index contributed by atoms with van der Waals surface area (Å²) < 4.78 is 28.0. The van der Waals surface area contributed by atoms with E-state index in [0.29, 0.717) is 5.69 Å². The first kappa shape index (κ1) is 22.6. The maximum atomic E-state index is 13.3. The van der Waals surface area contributed by atoms with Gasteiger partial charge in [-0.15, -0.1) is 0 Å². The number of benzene rings is 3. The Morgan fingerprint density at radius 1 is 0.839 bits per heavy atom. The highest BCUT2D eigenvalue weighted by Gasteiger charge is 2.25. The fraction of sp³-hybridized carbons (Fsp3) is 0.240. The lowest BCUT2D eigenvalue weighted by molar-refractivity contribution is -0.116. The van der Waals surface area contributed by atoms with Crippen LogP contribution in [0.25, 0.3) is 0 Å². The Morgan fingerprint density at radius 2 is 1.42 bits per heavy atom. The van der Waals surface area contributed by atoms with Crippen molar-refractivity contribution in [2.24, 2.45) is 0 Å². The van der Waals surface area contributed by atoms with E-state index in [-0.39, 0.29) is 23.8 Å². The molecule has 1 N–H and O–H groups in total. The molecule has 0 aliphatic heterocycles. The Balaban J connectivity index is 1.84. The zero-order chi connectivity index (χ0) is 22.6. The minimum atomic E-state index is -3.80. The van der Waals surface area contributed by atoms with Gasteiger partial charge in [-0.1, -0.05) is 53.6 Å². The second kappa shape index (κ2) is 9.35. The van der Waals surface area contributed by atoms with Gasteiger partial charge in [0.05, 0.1) is 10.6 Å². The normalized spacial score (nSPS) is 11.2. The van der Waals surface area contributed by atoms with Crippen LogP contribution in [0.3, 0.4) is 0 Å². The molecule has 0 unspecified atom stereocenters.